The highest BCUT2D eigenvalue weighted by Crippen LogP contribution is 2.24. The molecule has 0 heterocycles. The van der Waals surface area contributed by atoms with Crippen molar-refractivity contribution in [3.8, 4) is 5.75 Å². The van der Waals surface area contributed by atoms with Gasteiger partial charge in [-0.15, -0.1) is 11.6 Å². The van der Waals surface area contributed by atoms with Gasteiger partial charge in [0.25, 0.3) is 0 Å². The number of hydrogen-bond acceptors (Lipinski definition) is 2. The maximum Gasteiger partial charge on any atom is 0.411 e. The molecule has 2 nitrogen and oxygen atoms in total. The predicted molar refractivity (Wildman–Crippen MR) is 70.7 cm³/mol. The summed E-state index contributed by atoms with van der Waals surface area (Å²) in [5.74, 6) is 0.988. The molecule has 0 spiro atoms. The molecule has 1 aromatic rings. The van der Waals surface area contributed by atoms with Gasteiger partial charge in [0.2, 0.25) is 0 Å². The molecule has 0 unspecified atom stereocenters. The number of rotatable bonds is 7. The van der Waals surface area contributed by atoms with Gasteiger partial charge in [0.15, 0.2) is 0 Å². The maximum absolute atomic E-state index is 11.8. The average molecular weight is 362 g/mol. The summed E-state index contributed by atoms with van der Waals surface area (Å²) in [5.41, 5.74) is 0.896. The van der Waals surface area contributed by atoms with Crippen LogP contribution in [0.4, 0.5) is 13.2 Å². The fourth-order valence-corrected chi connectivity index (χ4v) is 2.05. The third-order valence-electron chi connectivity index (χ3n) is 2.13. The van der Waals surface area contributed by atoms with E-state index in [0.717, 1.165) is 10.0 Å². The Bertz CT molecular complexity index is 399. The van der Waals surface area contributed by atoms with Crippen LogP contribution in [-0.2, 0) is 10.6 Å². The molecular weight excluding hydrogens is 348 g/mol. The molecule has 0 fully saturated rings. The number of hydrogen-bond donors (Lipinski definition) is 0. The van der Waals surface area contributed by atoms with Gasteiger partial charge in [-0.3, -0.25) is 0 Å². The first kappa shape index (κ1) is 16.6. The lowest BCUT2D eigenvalue weighted by Crippen LogP contribution is -2.18. The van der Waals surface area contributed by atoms with Crippen LogP contribution in [0.3, 0.4) is 0 Å². The molecule has 0 aliphatic rings. The van der Waals surface area contributed by atoms with Crippen LogP contribution in [0.2, 0.25) is 0 Å². The predicted octanol–water partition coefficient (Wildman–Crippen LogP) is 4.54. The lowest BCUT2D eigenvalue weighted by atomic mass is 10.2. The Balaban J connectivity index is 2.23. The van der Waals surface area contributed by atoms with E-state index in [4.69, 9.17) is 16.3 Å². The van der Waals surface area contributed by atoms with Crippen LogP contribution in [0.15, 0.2) is 22.7 Å². The fraction of sp³-hybridized carbons (Fsp3) is 0.500. The van der Waals surface area contributed by atoms with Gasteiger partial charge in [-0.05, 0) is 23.8 Å². The van der Waals surface area contributed by atoms with Crippen LogP contribution in [0, 0.1) is 0 Å². The zero-order chi connectivity index (χ0) is 14.3. The summed E-state index contributed by atoms with van der Waals surface area (Å²) in [5, 5.41) is 0. The van der Waals surface area contributed by atoms with E-state index in [0.29, 0.717) is 24.7 Å². The van der Waals surface area contributed by atoms with Gasteiger partial charge >= 0.3 is 6.18 Å². The smallest absolute Gasteiger partial charge is 0.411 e. The second-order valence-corrected chi connectivity index (χ2v) is 4.88. The zero-order valence-corrected chi connectivity index (χ0v) is 12.3. The van der Waals surface area contributed by atoms with Crippen LogP contribution < -0.4 is 4.74 Å². The lowest BCUT2D eigenvalue weighted by Gasteiger charge is -2.10. The number of halogens is 5. The van der Waals surface area contributed by atoms with Crippen molar-refractivity contribution < 1.29 is 22.6 Å². The topological polar surface area (TPSA) is 18.5 Å². The van der Waals surface area contributed by atoms with Crippen molar-refractivity contribution in [3.63, 3.8) is 0 Å². The Morgan fingerprint density at radius 3 is 2.58 bits per heavy atom. The van der Waals surface area contributed by atoms with Gasteiger partial charge in [-0.25, -0.2) is 0 Å². The van der Waals surface area contributed by atoms with Crippen LogP contribution in [-0.4, -0.2) is 26.0 Å². The minimum atomic E-state index is -4.28. The van der Waals surface area contributed by atoms with Gasteiger partial charge < -0.3 is 9.47 Å². The van der Waals surface area contributed by atoms with Crippen LogP contribution in [0.1, 0.15) is 12.0 Å². The highest BCUT2D eigenvalue weighted by atomic mass is 79.9. The Hall–Kier alpha value is -0.460. The molecule has 0 saturated carbocycles. The van der Waals surface area contributed by atoms with Gasteiger partial charge in [0, 0.05) is 16.8 Å². The molecule has 0 N–H and O–H groups in total. The standard InChI is InChI=1S/C12H13BrClF3O2/c13-11-3-2-10(6-9(11)7-14)19-5-1-4-18-8-12(15,16)17/h2-3,6H,1,4-5,7-8H2. The number of ether oxygens (including phenoxy) is 2. The van der Waals surface area contributed by atoms with Gasteiger partial charge in [0.1, 0.15) is 12.4 Å². The largest absolute Gasteiger partial charge is 0.493 e. The summed E-state index contributed by atoms with van der Waals surface area (Å²) >= 11 is 9.08. The summed E-state index contributed by atoms with van der Waals surface area (Å²) in [6.45, 7) is -0.915. The summed E-state index contributed by atoms with van der Waals surface area (Å²) in [6.07, 6.45) is -3.88. The van der Waals surface area contributed by atoms with Crippen LogP contribution >= 0.6 is 27.5 Å². The fourth-order valence-electron chi connectivity index (χ4n) is 1.28. The van der Waals surface area contributed by atoms with Crippen molar-refractivity contribution in [1.82, 2.24) is 0 Å². The van der Waals surface area contributed by atoms with E-state index in [1.165, 1.54) is 0 Å². The van der Waals surface area contributed by atoms with Crippen LogP contribution in [0.25, 0.3) is 0 Å². The Morgan fingerprint density at radius 1 is 1.21 bits per heavy atom. The first-order valence-corrected chi connectivity index (χ1v) is 6.87. The molecule has 0 amide bonds. The number of benzene rings is 1. The molecule has 0 aliphatic heterocycles. The molecule has 1 aromatic carbocycles. The minimum Gasteiger partial charge on any atom is -0.493 e. The van der Waals surface area contributed by atoms with Crippen LogP contribution in [0.5, 0.6) is 5.75 Å². The van der Waals surface area contributed by atoms with Crippen molar-refractivity contribution >= 4 is 27.5 Å². The average Bonchev–Trinajstić information content (AvgIpc) is 2.34. The van der Waals surface area contributed by atoms with Crippen molar-refractivity contribution in [3.05, 3.63) is 28.2 Å². The molecule has 7 heteroatoms. The zero-order valence-electron chi connectivity index (χ0n) is 9.97. The van der Waals surface area contributed by atoms with E-state index in [9.17, 15) is 13.2 Å². The van der Waals surface area contributed by atoms with Crippen molar-refractivity contribution in [1.29, 1.82) is 0 Å². The van der Waals surface area contributed by atoms with E-state index >= 15 is 0 Å². The van der Waals surface area contributed by atoms with Gasteiger partial charge in [0.05, 0.1) is 13.2 Å². The Kier molecular flexibility index (Phi) is 6.96. The second-order valence-electron chi connectivity index (χ2n) is 3.76. The molecule has 0 aliphatic carbocycles. The molecule has 19 heavy (non-hydrogen) atoms. The quantitative estimate of drug-likeness (QED) is 0.524. The first-order valence-electron chi connectivity index (χ1n) is 5.54. The minimum absolute atomic E-state index is 0.0123. The third-order valence-corrected chi connectivity index (χ3v) is 3.19. The highest BCUT2D eigenvalue weighted by Gasteiger charge is 2.27. The van der Waals surface area contributed by atoms with E-state index in [2.05, 4.69) is 20.7 Å². The summed E-state index contributed by atoms with van der Waals surface area (Å²) in [7, 11) is 0. The molecule has 0 aromatic heterocycles. The molecule has 1 rings (SSSR count). The van der Waals surface area contributed by atoms with Gasteiger partial charge in [-0.2, -0.15) is 13.2 Å². The summed E-state index contributed by atoms with van der Waals surface area (Å²) in [6, 6.07) is 5.36. The molecule has 108 valence electrons. The second kappa shape index (κ2) is 7.97. The highest BCUT2D eigenvalue weighted by molar-refractivity contribution is 9.10. The van der Waals surface area contributed by atoms with Gasteiger partial charge in [-0.1, -0.05) is 15.9 Å². The maximum atomic E-state index is 11.8. The van der Waals surface area contributed by atoms with E-state index in [-0.39, 0.29) is 6.61 Å². The molecule has 0 saturated heterocycles. The molecular formula is C12H13BrClF3O2. The Labute approximate surface area is 123 Å². The normalized spacial score (nSPS) is 11.6. The lowest BCUT2D eigenvalue weighted by molar-refractivity contribution is -0.174. The van der Waals surface area contributed by atoms with E-state index in [1.807, 2.05) is 6.07 Å². The summed E-state index contributed by atoms with van der Waals surface area (Å²) in [4.78, 5) is 0. The molecule has 0 bridgehead atoms. The molecule has 0 radical (unpaired) electrons. The first-order chi connectivity index (χ1) is 8.92. The number of alkyl halides is 4. The summed E-state index contributed by atoms with van der Waals surface area (Å²) < 4.78 is 46.1. The SMILES string of the molecule is FC(F)(F)COCCCOc1ccc(Br)c(CCl)c1. The van der Waals surface area contributed by atoms with Crippen molar-refractivity contribution in [2.75, 3.05) is 19.8 Å². The molecule has 0 atom stereocenters. The van der Waals surface area contributed by atoms with Crippen molar-refractivity contribution in [2.45, 2.75) is 18.5 Å². The van der Waals surface area contributed by atoms with E-state index < -0.39 is 12.8 Å². The third kappa shape index (κ3) is 7.03. The van der Waals surface area contributed by atoms with E-state index in [1.54, 1.807) is 12.1 Å². The Morgan fingerprint density at radius 2 is 1.95 bits per heavy atom. The monoisotopic (exact) mass is 360 g/mol. The van der Waals surface area contributed by atoms with Crippen molar-refractivity contribution in [2.24, 2.45) is 0 Å².